The van der Waals surface area contributed by atoms with Gasteiger partial charge in [0.05, 0.1) is 12.0 Å². The fraction of sp³-hybridized carbons (Fsp3) is 0.0625. The first-order chi connectivity index (χ1) is 11.5. The standard InChI is InChI=1S/C16H15N3O4S/c1-22-12-9-7-11(8-10-12)18-16-14(15(17)23-19-16)24(20,21)13-5-3-2-4-6-13/h2-10H,17H2,1H3,(H,18,19). The summed E-state index contributed by atoms with van der Waals surface area (Å²) in [7, 11) is -2.30. The van der Waals surface area contributed by atoms with Crippen molar-refractivity contribution in [3.63, 3.8) is 0 Å². The number of aromatic nitrogens is 1. The highest BCUT2D eigenvalue weighted by molar-refractivity contribution is 7.91. The lowest BCUT2D eigenvalue weighted by atomic mass is 10.3. The molecule has 0 amide bonds. The summed E-state index contributed by atoms with van der Waals surface area (Å²) in [6, 6.07) is 14.9. The molecular weight excluding hydrogens is 330 g/mol. The molecule has 1 aromatic heterocycles. The summed E-state index contributed by atoms with van der Waals surface area (Å²) in [6.45, 7) is 0. The van der Waals surface area contributed by atoms with Gasteiger partial charge in [-0.25, -0.2) is 8.42 Å². The molecule has 0 radical (unpaired) electrons. The minimum Gasteiger partial charge on any atom is -0.497 e. The largest absolute Gasteiger partial charge is 0.497 e. The van der Waals surface area contributed by atoms with Gasteiger partial charge in [0.2, 0.25) is 15.7 Å². The summed E-state index contributed by atoms with van der Waals surface area (Å²) < 4.78 is 35.5. The zero-order valence-corrected chi connectivity index (χ0v) is 13.6. The Morgan fingerprint density at radius 3 is 2.38 bits per heavy atom. The lowest BCUT2D eigenvalue weighted by Gasteiger charge is -2.07. The van der Waals surface area contributed by atoms with Crippen molar-refractivity contribution in [2.45, 2.75) is 9.79 Å². The molecule has 0 saturated heterocycles. The molecule has 0 unspecified atom stereocenters. The first-order valence-electron chi connectivity index (χ1n) is 6.98. The van der Waals surface area contributed by atoms with Crippen molar-refractivity contribution in [3.05, 3.63) is 54.6 Å². The smallest absolute Gasteiger partial charge is 0.243 e. The van der Waals surface area contributed by atoms with Gasteiger partial charge in [-0.1, -0.05) is 23.4 Å². The second kappa shape index (κ2) is 6.25. The highest BCUT2D eigenvalue weighted by Gasteiger charge is 2.29. The SMILES string of the molecule is COc1ccc(Nc2noc(N)c2S(=O)(=O)c2ccccc2)cc1. The maximum atomic E-state index is 12.8. The molecule has 0 bridgehead atoms. The lowest BCUT2D eigenvalue weighted by Crippen LogP contribution is -2.06. The van der Waals surface area contributed by atoms with E-state index in [1.807, 2.05) is 0 Å². The fourth-order valence-corrected chi connectivity index (χ4v) is 3.56. The molecule has 0 aliphatic carbocycles. The number of nitrogens with one attached hydrogen (secondary N) is 1. The van der Waals surface area contributed by atoms with Gasteiger partial charge in [-0.2, -0.15) is 0 Å². The molecule has 3 N–H and O–H groups in total. The number of sulfone groups is 1. The molecule has 0 aliphatic rings. The van der Waals surface area contributed by atoms with Crippen molar-refractivity contribution in [2.75, 3.05) is 18.2 Å². The van der Waals surface area contributed by atoms with E-state index in [1.165, 1.54) is 12.1 Å². The van der Waals surface area contributed by atoms with Gasteiger partial charge in [0.15, 0.2) is 10.7 Å². The Kier molecular flexibility index (Phi) is 4.13. The number of hydrogen-bond donors (Lipinski definition) is 2. The van der Waals surface area contributed by atoms with E-state index >= 15 is 0 Å². The minimum atomic E-state index is -3.86. The Balaban J connectivity index is 2.00. The molecule has 0 fully saturated rings. The van der Waals surface area contributed by atoms with Crippen LogP contribution in [0, 0.1) is 0 Å². The summed E-state index contributed by atoms with van der Waals surface area (Å²) in [5.41, 5.74) is 6.31. The molecule has 0 spiro atoms. The molecule has 3 aromatic rings. The van der Waals surface area contributed by atoms with Crippen LogP contribution in [0.2, 0.25) is 0 Å². The van der Waals surface area contributed by atoms with E-state index in [-0.39, 0.29) is 21.5 Å². The summed E-state index contributed by atoms with van der Waals surface area (Å²) in [5, 5.41) is 6.62. The number of anilines is 3. The second-order valence-corrected chi connectivity index (χ2v) is 6.78. The van der Waals surface area contributed by atoms with Crippen LogP contribution in [0.4, 0.5) is 17.4 Å². The topological polar surface area (TPSA) is 107 Å². The van der Waals surface area contributed by atoms with Crippen LogP contribution in [0.25, 0.3) is 0 Å². The first kappa shape index (κ1) is 15.9. The van der Waals surface area contributed by atoms with Gasteiger partial charge in [-0.3, -0.25) is 0 Å². The molecule has 1 heterocycles. The van der Waals surface area contributed by atoms with Crippen LogP contribution in [-0.4, -0.2) is 20.7 Å². The van der Waals surface area contributed by atoms with Crippen molar-refractivity contribution in [3.8, 4) is 5.75 Å². The van der Waals surface area contributed by atoms with Crippen LogP contribution in [0.3, 0.4) is 0 Å². The van der Waals surface area contributed by atoms with Gasteiger partial charge >= 0.3 is 0 Å². The maximum absolute atomic E-state index is 12.8. The van der Waals surface area contributed by atoms with Gasteiger partial charge < -0.3 is 20.3 Å². The average Bonchev–Trinajstić information content (AvgIpc) is 2.97. The van der Waals surface area contributed by atoms with E-state index in [9.17, 15) is 8.42 Å². The van der Waals surface area contributed by atoms with Gasteiger partial charge in [-0.15, -0.1) is 0 Å². The molecule has 3 rings (SSSR count). The third kappa shape index (κ3) is 2.91. The van der Waals surface area contributed by atoms with Crippen LogP contribution in [0.1, 0.15) is 0 Å². The predicted octanol–water partition coefficient (Wildman–Crippen LogP) is 2.84. The van der Waals surface area contributed by atoms with E-state index in [0.29, 0.717) is 11.4 Å². The van der Waals surface area contributed by atoms with E-state index < -0.39 is 9.84 Å². The Morgan fingerprint density at radius 2 is 1.75 bits per heavy atom. The van der Waals surface area contributed by atoms with Crippen molar-refractivity contribution in [2.24, 2.45) is 0 Å². The van der Waals surface area contributed by atoms with Gasteiger partial charge in [0.1, 0.15) is 5.75 Å². The molecular formula is C16H15N3O4S. The van der Waals surface area contributed by atoms with Gasteiger partial charge in [0, 0.05) is 5.69 Å². The second-order valence-electron chi connectivity index (χ2n) is 4.89. The maximum Gasteiger partial charge on any atom is 0.243 e. The third-order valence-electron chi connectivity index (χ3n) is 3.35. The van der Waals surface area contributed by atoms with Gasteiger partial charge in [-0.05, 0) is 36.4 Å². The van der Waals surface area contributed by atoms with Crippen molar-refractivity contribution < 1.29 is 17.7 Å². The highest BCUT2D eigenvalue weighted by Crippen LogP contribution is 2.34. The first-order valence-corrected chi connectivity index (χ1v) is 8.47. The molecule has 24 heavy (non-hydrogen) atoms. The number of nitrogen functional groups attached to an aromatic ring is 1. The highest BCUT2D eigenvalue weighted by atomic mass is 32.2. The van der Waals surface area contributed by atoms with Crippen molar-refractivity contribution >= 4 is 27.2 Å². The Morgan fingerprint density at radius 1 is 1.08 bits per heavy atom. The molecule has 0 atom stereocenters. The lowest BCUT2D eigenvalue weighted by molar-refractivity contribution is 0.415. The third-order valence-corrected chi connectivity index (χ3v) is 5.17. The molecule has 2 aromatic carbocycles. The number of rotatable bonds is 5. The Hall–Kier alpha value is -3.00. The molecule has 124 valence electrons. The van der Waals surface area contributed by atoms with E-state index in [4.69, 9.17) is 15.0 Å². The minimum absolute atomic E-state index is 0.0292. The van der Waals surface area contributed by atoms with E-state index in [1.54, 1.807) is 49.6 Å². The molecule has 0 aliphatic heterocycles. The molecule has 8 heteroatoms. The Labute approximate surface area is 139 Å². The predicted molar refractivity (Wildman–Crippen MR) is 89.1 cm³/mol. The van der Waals surface area contributed by atoms with E-state index in [2.05, 4.69) is 10.5 Å². The van der Waals surface area contributed by atoms with Crippen LogP contribution in [0.15, 0.2) is 68.9 Å². The van der Waals surface area contributed by atoms with Crippen molar-refractivity contribution in [1.29, 1.82) is 0 Å². The number of nitrogens with two attached hydrogens (primary N) is 1. The monoisotopic (exact) mass is 345 g/mol. The van der Waals surface area contributed by atoms with Crippen LogP contribution >= 0.6 is 0 Å². The van der Waals surface area contributed by atoms with Crippen molar-refractivity contribution in [1.82, 2.24) is 5.16 Å². The summed E-state index contributed by atoms with van der Waals surface area (Å²) in [4.78, 5) is -0.0813. The summed E-state index contributed by atoms with van der Waals surface area (Å²) in [6.07, 6.45) is 0. The number of methoxy groups -OCH3 is 1. The zero-order valence-electron chi connectivity index (χ0n) is 12.8. The van der Waals surface area contributed by atoms with Gasteiger partial charge in [0.25, 0.3) is 0 Å². The number of hydrogen-bond acceptors (Lipinski definition) is 7. The van der Waals surface area contributed by atoms with Crippen LogP contribution in [0.5, 0.6) is 5.75 Å². The zero-order chi connectivity index (χ0) is 17.2. The normalized spacial score (nSPS) is 11.2. The average molecular weight is 345 g/mol. The molecule has 0 saturated carbocycles. The summed E-state index contributed by atoms with van der Waals surface area (Å²) in [5.74, 6) is 0.439. The summed E-state index contributed by atoms with van der Waals surface area (Å²) >= 11 is 0. The fourth-order valence-electron chi connectivity index (χ4n) is 2.16. The number of benzene rings is 2. The number of ether oxygens (including phenoxy) is 1. The number of nitrogens with zero attached hydrogens (tertiary/aromatic N) is 1. The van der Waals surface area contributed by atoms with Crippen LogP contribution in [-0.2, 0) is 9.84 Å². The Bertz CT molecular complexity index is 935. The quantitative estimate of drug-likeness (QED) is 0.732. The molecule has 7 nitrogen and oxygen atoms in total. The van der Waals surface area contributed by atoms with E-state index in [0.717, 1.165) is 0 Å². The van der Waals surface area contributed by atoms with Crippen LogP contribution < -0.4 is 15.8 Å².